The second-order valence-electron chi connectivity index (χ2n) is 4.70. The van der Waals surface area contributed by atoms with Crippen LogP contribution < -0.4 is 5.32 Å². The summed E-state index contributed by atoms with van der Waals surface area (Å²) in [6.07, 6.45) is 1.36. The van der Waals surface area contributed by atoms with Crippen LogP contribution in [0.25, 0.3) is 0 Å². The van der Waals surface area contributed by atoms with Gasteiger partial charge < -0.3 is 10.1 Å². The van der Waals surface area contributed by atoms with Crippen molar-refractivity contribution in [1.29, 1.82) is 0 Å². The highest BCUT2D eigenvalue weighted by molar-refractivity contribution is 5.32. The summed E-state index contributed by atoms with van der Waals surface area (Å²) in [6, 6.07) is 7.12. The first-order chi connectivity index (χ1) is 7.70. The van der Waals surface area contributed by atoms with Gasteiger partial charge in [-0.2, -0.15) is 0 Å². The summed E-state index contributed by atoms with van der Waals surface area (Å²) in [5.74, 6) is 0. The van der Waals surface area contributed by atoms with E-state index in [4.69, 9.17) is 4.74 Å². The van der Waals surface area contributed by atoms with E-state index in [9.17, 15) is 0 Å². The van der Waals surface area contributed by atoms with Crippen LogP contribution in [0.15, 0.2) is 18.2 Å². The predicted molar refractivity (Wildman–Crippen MR) is 66.7 cm³/mol. The maximum atomic E-state index is 5.93. The summed E-state index contributed by atoms with van der Waals surface area (Å²) in [7, 11) is 0. The second-order valence-corrected chi connectivity index (χ2v) is 4.70. The minimum Gasteiger partial charge on any atom is -0.371 e. The number of hydrogen-bond acceptors (Lipinski definition) is 2. The molecular weight excluding hydrogens is 198 g/mol. The lowest BCUT2D eigenvalue weighted by molar-refractivity contribution is 0.00190. The van der Waals surface area contributed by atoms with E-state index < -0.39 is 0 Å². The molecule has 0 bridgehead atoms. The standard InChI is InChI=1S/C14H21NO/c1-4-12-9-16-14(8-15-12)13-6-5-10(2)7-11(13)3/h5-7,12,14-15H,4,8-9H2,1-3H3. The first-order valence-electron chi connectivity index (χ1n) is 6.13. The molecule has 2 unspecified atom stereocenters. The molecule has 2 heteroatoms. The monoisotopic (exact) mass is 219 g/mol. The molecule has 0 radical (unpaired) electrons. The zero-order chi connectivity index (χ0) is 11.5. The molecule has 2 nitrogen and oxygen atoms in total. The molecule has 1 aliphatic rings. The van der Waals surface area contributed by atoms with E-state index in [1.807, 2.05) is 0 Å². The molecule has 2 atom stereocenters. The Kier molecular flexibility index (Phi) is 3.62. The lowest BCUT2D eigenvalue weighted by Crippen LogP contribution is -2.42. The van der Waals surface area contributed by atoms with Gasteiger partial charge in [0, 0.05) is 12.6 Å². The first kappa shape index (κ1) is 11.6. The van der Waals surface area contributed by atoms with Crippen molar-refractivity contribution in [2.75, 3.05) is 13.2 Å². The van der Waals surface area contributed by atoms with Gasteiger partial charge in [-0.05, 0) is 31.4 Å². The summed E-state index contributed by atoms with van der Waals surface area (Å²) >= 11 is 0. The van der Waals surface area contributed by atoms with Crippen LogP contribution in [0.1, 0.15) is 36.1 Å². The van der Waals surface area contributed by atoms with E-state index >= 15 is 0 Å². The smallest absolute Gasteiger partial charge is 0.0952 e. The van der Waals surface area contributed by atoms with Gasteiger partial charge >= 0.3 is 0 Å². The Morgan fingerprint density at radius 3 is 2.75 bits per heavy atom. The molecular formula is C14H21NO. The molecule has 0 amide bonds. The van der Waals surface area contributed by atoms with Gasteiger partial charge in [0.15, 0.2) is 0 Å². The average molecular weight is 219 g/mol. The highest BCUT2D eigenvalue weighted by Gasteiger charge is 2.22. The van der Waals surface area contributed by atoms with Crippen LogP contribution in [0, 0.1) is 13.8 Å². The van der Waals surface area contributed by atoms with Gasteiger partial charge in [0.25, 0.3) is 0 Å². The third-order valence-corrected chi connectivity index (χ3v) is 3.36. The summed E-state index contributed by atoms with van der Waals surface area (Å²) in [6.45, 7) is 8.25. The highest BCUT2D eigenvalue weighted by atomic mass is 16.5. The Balaban J connectivity index is 2.08. The molecule has 1 N–H and O–H groups in total. The number of morpholine rings is 1. The number of aryl methyl sites for hydroxylation is 2. The maximum Gasteiger partial charge on any atom is 0.0952 e. The minimum atomic E-state index is 0.225. The summed E-state index contributed by atoms with van der Waals surface area (Å²) in [5.41, 5.74) is 3.98. The molecule has 0 spiro atoms. The predicted octanol–water partition coefficient (Wildman–Crippen LogP) is 2.74. The maximum absolute atomic E-state index is 5.93. The van der Waals surface area contributed by atoms with Crippen molar-refractivity contribution < 1.29 is 4.74 Å². The Morgan fingerprint density at radius 2 is 2.19 bits per heavy atom. The molecule has 1 aromatic carbocycles. The third-order valence-electron chi connectivity index (χ3n) is 3.36. The van der Waals surface area contributed by atoms with Crippen molar-refractivity contribution >= 4 is 0 Å². The molecule has 1 saturated heterocycles. The van der Waals surface area contributed by atoms with Crippen LogP contribution in [0.3, 0.4) is 0 Å². The Labute approximate surface area is 98.0 Å². The molecule has 0 saturated carbocycles. The van der Waals surface area contributed by atoms with E-state index in [2.05, 4.69) is 44.3 Å². The summed E-state index contributed by atoms with van der Waals surface area (Å²) in [5, 5.41) is 3.53. The van der Waals surface area contributed by atoms with Crippen LogP contribution in [0.5, 0.6) is 0 Å². The molecule has 16 heavy (non-hydrogen) atoms. The summed E-state index contributed by atoms with van der Waals surface area (Å²) in [4.78, 5) is 0. The van der Waals surface area contributed by atoms with Crippen LogP contribution in [0.4, 0.5) is 0 Å². The number of rotatable bonds is 2. The van der Waals surface area contributed by atoms with Crippen molar-refractivity contribution in [1.82, 2.24) is 5.32 Å². The first-order valence-corrected chi connectivity index (χ1v) is 6.13. The molecule has 1 aromatic rings. The molecule has 1 aliphatic heterocycles. The fourth-order valence-electron chi connectivity index (χ4n) is 2.27. The average Bonchev–Trinajstić information content (AvgIpc) is 2.29. The lowest BCUT2D eigenvalue weighted by Gasteiger charge is -2.30. The summed E-state index contributed by atoms with van der Waals surface area (Å²) < 4.78 is 5.93. The minimum absolute atomic E-state index is 0.225. The Hall–Kier alpha value is -0.860. The van der Waals surface area contributed by atoms with E-state index in [1.165, 1.54) is 16.7 Å². The zero-order valence-corrected chi connectivity index (χ0v) is 10.4. The Bertz CT molecular complexity index is 354. The number of nitrogens with one attached hydrogen (secondary N) is 1. The lowest BCUT2D eigenvalue weighted by atomic mass is 9.99. The van der Waals surface area contributed by atoms with Gasteiger partial charge in [-0.25, -0.2) is 0 Å². The molecule has 1 fully saturated rings. The molecule has 2 rings (SSSR count). The van der Waals surface area contributed by atoms with Crippen molar-refractivity contribution in [2.24, 2.45) is 0 Å². The van der Waals surface area contributed by atoms with E-state index in [0.29, 0.717) is 6.04 Å². The topological polar surface area (TPSA) is 21.3 Å². The van der Waals surface area contributed by atoms with Crippen molar-refractivity contribution in [3.05, 3.63) is 34.9 Å². The van der Waals surface area contributed by atoms with Crippen LogP contribution in [0.2, 0.25) is 0 Å². The number of hydrogen-bond donors (Lipinski definition) is 1. The van der Waals surface area contributed by atoms with Gasteiger partial charge in [-0.15, -0.1) is 0 Å². The third kappa shape index (κ3) is 2.45. The number of ether oxygens (including phenoxy) is 1. The van der Waals surface area contributed by atoms with E-state index in [1.54, 1.807) is 0 Å². The number of benzene rings is 1. The molecule has 88 valence electrons. The fraction of sp³-hybridized carbons (Fsp3) is 0.571. The van der Waals surface area contributed by atoms with Crippen molar-refractivity contribution in [3.63, 3.8) is 0 Å². The van der Waals surface area contributed by atoms with Crippen molar-refractivity contribution in [2.45, 2.75) is 39.3 Å². The largest absolute Gasteiger partial charge is 0.371 e. The fourth-order valence-corrected chi connectivity index (χ4v) is 2.27. The Morgan fingerprint density at radius 1 is 1.38 bits per heavy atom. The van der Waals surface area contributed by atoms with Crippen LogP contribution in [-0.4, -0.2) is 19.2 Å². The zero-order valence-electron chi connectivity index (χ0n) is 10.4. The van der Waals surface area contributed by atoms with Gasteiger partial charge in [0.1, 0.15) is 0 Å². The molecule has 0 aromatic heterocycles. The van der Waals surface area contributed by atoms with Crippen molar-refractivity contribution in [3.8, 4) is 0 Å². The molecule has 0 aliphatic carbocycles. The van der Waals surface area contributed by atoms with Gasteiger partial charge in [0.05, 0.1) is 12.7 Å². The molecule has 1 heterocycles. The van der Waals surface area contributed by atoms with Gasteiger partial charge in [0.2, 0.25) is 0 Å². The van der Waals surface area contributed by atoms with Crippen LogP contribution in [-0.2, 0) is 4.74 Å². The van der Waals surface area contributed by atoms with E-state index in [-0.39, 0.29) is 6.10 Å². The van der Waals surface area contributed by atoms with Crippen LogP contribution >= 0.6 is 0 Å². The normalized spacial score (nSPS) is 25.7. The van der Waals surface area contributed by atoms with Gasteiger partial charge in [-0.1, -0.05) is 30.7 Å². The quantitative estimate of drug-likeness (QED) is 0.826. The van der Waals surface area contributed by atoms with Gasteiger partial charge in [-0.3, -0.25) is 0 Å². The SMILES string of the molecule is CCC1COC(c2ccc(C)cc2C)CN1. The second kappa shape index (κ2) is 4.98. The van der Waals surface area contributed by atoms with E-state index in [0.717, 1.165) is 19.6 Å². The highest BCUT2D eigenvalue weighted by Crippen LogP contribution is 2.24.